The number of benzene rings is 2. The summed E-state index contributed by atoms with van der Waals surface area (Å²) in [6, 6.07) is 16.4. The van der Waals surface area contributed by atoms with Crippen molar-refractivity contribution in [2.45, 2.75) is 25.8 Å². The number of imidazole rings is 1. The highest BCUT2D eigenvalue weighted by molar-refractivity contribution is 6.29. The lowest BCUT2D eigenvalue weighted by atomic mass is 10.0. The van der Waals surface area contributed by atoms with E-state index in [0.717, 1.165) is 52.2 Å². The number of rotatable bonds is 5. The molecule has 0 bridgehead atoms. The molecule has 2 aromatic carbocycles. The molecule has 3 aromatic heterocycles. The van der Waals surface area contributed by atoms with Gasteiger partial charge in [-0.15, -0.1) is 5.10 Å². The predicted molar refractivity (Wildman–Crippen MR) is 143 cm³/mol. The van der Waals surface area contributed by atoms with Gasteiger partial charge in [0.05, 0.1) is 29.8 Å². The smallest absolute Gasteiger partial charge is 0.409 e. The first-order chi connectivity index (χ1) is 18.4. The Morgan fingerprint density at radius 1 is 1.13 bits per heavy atom. The lowest BCUT2D eigenvalue weighted by Crippen LogP contribution is -2.23. The van der Waals surface area contributed by atoms with Gasteiger partial charge in [-0.25, -0.2) is 14.5 Å². The molecule has 0 unspecified atom stereocenters. The minimum Gasteiger partial charge on any atom is -0.465 e. The second-order valence-electron chi connectivity index (χ2n) is 9.19. The second kappa shape index (κ2) is 9.31. The number of H-pyrrole nitrogens is 1. The summed E-state index contributed by atoms with van der Waals surface area (Å²) in [5.74, 6) is 0.704. The molecule has 0 fully saturated rings. The Hall–Kier alpha value is -4.70. The summed E-state index contributed by atoms with van der Waals surface area (Å²) in [5, 5.41) is 19.5. The van der Waals surface area contributed by atoms with E-state index in [1.54, 1.807) is 39.8 Å². The lowest BCUT2D eigenvalue weighted by molar-refractivity contribution is 0.209. The fraction of sp³-hybridized carbons (Fsp3) is 0.148. The van der Waals surface area contributed by atoms with Gasteiger partial charge in [0.1, 0.15) is 5.82 Å². The number of carboxylic acid groups (broad SMARTS) is 1. The van der Waals surface area contributed by atoms with Crippen LogP contribution < -0.4 is 10.9 Å². The Bertz CT molecular complexity index is 1740. The molecule has 0 saturated heterocycles. The van der Waals surface area contributed by atoms with Crippen LogP contribution in [0.3, 0.4) is 0 Å². The molecular formula is C27H22ClN7O3. The molecule has 5 aromatic rings. The zero-order chi connectivity index (χ0) is 26.4. The van der Waals surface area contributed by atoms with E-state index in [-0.39, 0.29) is 11.6 Å². The van der Waals surface area contributed by atoms with Crippen molar-refractivity contribution in [2.24, 2.45) is 0 Å². The molecule has 1 amide bonds. The first-order valence-corrected chi connectivity index (χ1v) is 12.3. The molecule has 190 valence electrons. The maximum atomic E-state index is 13.4. The number of aryl methyl sites for hydroxylation is 2. The Labute approximate surface area is 221 Å². The van der Waals surface area contributed by atoms with Crippen molar-refractivity contribution in [3.05, 3.63) is 99.6 Å². The van der Waals surface area contributed by atoms with Crippen LogP contribution in [0, 0.1) is 6.92 Å². The third kappa shape index (κ3) is 4.35. The first kappa shape index (κ1) is 23.7. The molecule has 0 aliphatic carbocycles. The predicted octanol–water partition coefficient (Wildman–Crippen LogP) is 5.07. The summed E-state index contributed by atoms with van der Waals surface area (Å²) in [6.45, 7) is 2.00. The van der Waals surface area contributed by atoms with Crippen molar-refractivity contribution in [1.82, 2.24) is 29.5 Å². The summed E-state index contributed by atoms with van der Waals surface area (Å²) in [4.78, 5) is 32.2. The van der Waals surface area contributed by atoms with Crippen LogP contribution in [0.25, 0.3) is 28.1 Å². The highest BCUT2D eigenvalue weighted by Crippen LogP contribution is 2.34. The Morgan fingerprint density at radius 2 is 1.95 bits per heavy atom. The van der Waals surface area contributed by atoms with Crippen LogP contribution in [0.1, 0.15) is 29.5 Å². The number of anilines is 1. The number of hydrogen-bond donors (Lipinski definition) is 3. The zero-order valence-corrected chi connectivity index (χ0v) is 21.0. The first-order valence-electron chi connectivity index (χ1n) is 12.0. The van der Waals surface area contributed by atoms with Gasteiger partial charge in [-0.1, -0.05) is 40.6 Å². The molecule has 1 aliphatic heterocycles. The molecule has 0 radical (unpaired) electrons. The molecule has 11 heteroatoms. The molecule has 0 spiro atoms. The van der Waals surface area contributed by atoms with Crippen LogP contribution in [-0.2, 0) is 6.42 Å². The lowest BCUT2D eigenvalue weighted by Gasteiger charge is -2.15. The largest absolute Gasteiger partial charge is 0.465 e. The molecule has 0 saturated carbocycles. The fourth-order valence-corrected chi connectivity index (χ4v) is 5.09. The minimum absolute atomic E-state index is 0.105. The van der Waals surface area contributed by atoms with Gasteiger partial charge < -0.3 is 14.7 Å². The summed E-state index contributed by atoms with van der Waals surface area (Å²) < 4.78 is 3.41. The van der Waals surface area contributed by atoms with Gasteiger partial charge in [-0.05, 0) is 61.2 Å². The minimum atomic E-state index is -1.11. The van der Waals surface area contributed by atoms with Crippen molar-refractivity contribution < 1.29 is 9.90 Å². The SMILES string of the molecule is Cc1ccc(-n2cc(Cl)nn2)c(-c2cc3n(c(=O)c2)[C@H](c2ncc(-c4ccc(NC(=O)O)cc4)[nH]2)CC3)c1. The molecule has 3 N–H and O–H groups in total. The second-order valence-corrected chi connectivity index (χ2v) is 9.58. The molecule has 6 rings (SSSR count). The van der Waals surface area contributed by atoms with E-state index in [1.807, 2.05) is 37.3 Å². The van der Waals surface area contributed by atoms with Crippen molar-refractivity contribution >= 4 is 23.4 Å². The number of fused-ring (bicyclic) bond motifs is 1. The third-order valence-corrected chi connectivity index (χ3v) is 6.84. The quantitative estimate of drug-likeness (QED) is 0.292. The van der Waals surface area contributed by atoms with Gasteiger partial charge >= 0.3 is 6.09 Å². The summed E-state index contributed by atoms with van der Waals surface area (Å²) in [6.07, 6.45) is 3.73. The van der Waals surface area contributed by atoms with Crippen molar-refractivity contribution in [3.8, 4) is 28.1 Å². The van der Waals surface area contributed by atoms with Crippen molar-refractivity contribution in [3.63, 3.8) is 0 Å². The van der Waals surface area contributed by atoms with Crippen LogP contribution in [-0.4, -0.2) is 40.7 Å². The van der Waals surface area contributed by atoms with Gasteiger partial charge in [0.25, 0.3) is 5.56 Å². The van der Waals surface area contributed by atoms with Crippen molar-refractivity contribution in [2.75, 3.05) is 5.32 Å². The number of aromatic amines is 1. The van der Waals surface area contributed by atoms with Crippen molar-refractivity contribution in [1.29, 1.82) is 0 Å². The van der Waals surface area contributed by atoms with E-state index >= 15 is 0 Å². The van der Waals surface area contributed by atoms with E-state index in [2.05, 4.69) is 31.7 Å². The maximum absolute atomic E-state index is 13.4. The van der Waals surface area contributed by atoms with Gasteiger partial charge in [0, 0.05) is 23.0 Å². The highest BCUT2D eigenvalue weighted by atomic mass is 35.5. The van der Waals surface area contributed by atoms with E-state index in [1.165, 1.54) is 0 Å². The number of nitrogens with one attached hydrogen (secondary N) is 2. The summed E-state index contributed by atoms with van der Waals surface area (Å²) >= 11 is 6.00. The number of aromatic nitrogens is 6. The molecule has 1 atom stereocenters. The van der Waals surface area contributed by atoms with Gasteiger partial charge in [-0.3, -0.25) is 10.1 Å². The average Bonchev–Trinajstić information content (AvgIpc) is 3.64. The van der Waals surface area contributed by atoms with E-state index in [9.17, 15) is 9.59 Å². The Balaban J connectivity index is 1.33. The molecule has 38 heavy (non-hydrogen) atoms. The van der Waals surface area contributed by atoms with E-state index < -0.39 is 6.09 Å². The monoisotopic (exact) mass is 527 g/mol. The maximum Gasteiger partial charge on any atom is 0.409 e. The molecular weight excluding hydrogens is 506 g/mol. The fourth-order valence-electron chi connectivity index (χ4n) is 4.96. The highest BCUT2D eigenvalue weighted by Gasteiger charge is 2.28. The van der Waals surface area contributed by atoms with Gasteiger partial charge in [-0.2, -0.15) is 0 Å². The number of pyridine rings is 1. The Morgan fingerprint density at radius 3 is 2.68 bits per heavy atom. The number of halogens is 1. The number of amides is 1. The zero-order valence-electron chi connectivity index (χ0n) is 20.2. The van der Waals surface area contributed by atoms with E-state index in [4.69, 9.17) is 16.7 Å². The summed E-state index contributed by atoms with van der Waals surface area (Å²) in [7, 11) is 0. The Kier molecular flexibility index (Phi) is 5.80. The number of nitrogens with zero attached hydrogens (tertiary/aromatic N) is 5. The third-order valence-electron chi connectivity index (χ3n) is 6.67. The standard InChI is InChI=1S/C27H22ClN7O3/c1-15-2-8-22(34-14-24(28)32-33-34)20(10-15)17-11-19-7-9-23(35(19)25(36)12-17)26-29-13-21(31-26)16-3-5-18(6-4-16)30-27(37)38/h2-6,8,10-14,23,30H,7,9H2,1H3,(H,29,31)(H,37,38)/t23-/m0/s1. The topological polar surface area (TPSA) is 131 Å². The van der Waals surface area contributed by atoms with Crippen LogP contribution in [0.2, 0.25) is 5.15 Å². The number of hydrogen-bond acceptors (Lipinski definition) is 5. The van der Waals surface area contributed by atoms with E-state index in [0.29, 0.717) is 16.7 Å². The van der Waals surface area contributed by atoms with Crippen LogP contribution in [0.15, 0.2) is 71.8 Å². The van der Waals surface area contributed by atoms with Crippen LogP contribution >= 0.6 is 11.6 Å². The molecule has 4 heterocycles. The summed E-state index contributed by atoms with van der Waals surface area (Å²) in [5.41, 5.74) is 6.49. The normalized spacial score (nSPS) is 14.4. The van der Waals surface area contributed by atoms with Crippen LogP contribution in [0.4, 0.5) is 10.5 Å². The van der Waals surface area contributed by atoms with Gasteiger partial charge in [0.15, 0.2) is 5.15 Å². The van der Waals surface area contributed by atoms with Crippen LogP contribution in [0.5, 0.6) is 0 Å². The number of carbonyl (C=O) groups is 1. The molecule has 1 aliphatic rings. The van der Waals surface area contributed by atoms with Gasteiger partial charge in [0.2, 0.25) is 0 Å². The average molecular weight is 528 g/mol. The molecule has 10 nitrogen and oxygen atoms in total.